The number of benzene rings is 4. The fraction of sp³-hybridized carbons (Fsp3) is 0.212. The number of amides is 2. The van der Waals surface area contributed by atoms with Crippen molar-refractivity contribution in [3.05, 3.63) is 130 Å². The molecule has 0 aromatic heterocycles. The second-order valence-electron chi connectivity index (χ2n) is 9.41. The normalized spacial score (nSPS) is 11.4. The predicted octanol–water partition coefficient (Wildman–Crippen LogP) is 5.86. The summed E-state index contributed by atoms with van der Waals surface area (Å²) in [5.74, 6) is 1.01. The predicted molar refractivity (Wildman–Crippen MR) is 157 cm³/mol. The number of ether oxygens (including phenoxy) is 2. The van der Waals surface area contributed by atoms with Gasteiger partial charge >= 0.3 is 0 Å². The van der Waals surface area contributed by atoms with E-state index in [1.165, 1.54) is 0 Å². The van der Waals surface area contributed by atoms with Gasteiger partial charge in [-0.05, 0) is 47.0 Å². The van der Waals surface area contributed by atoms with Gasteiger partial charge in [0, 0.05) is 30.1 Å². The van der Waals surface area contributed by atoms with Gasteiger partial charge in [0.2, 0.25) is 11.8 Å². The summed E-state index contributed by atoms with van der Waals surface area (Å²) in [7, 11) is 3.21. The topological polar surface area (TPSA) is 67.9 Å². The Hall–Kier alpha value is -4.29. The van der Waals surface area contributed by atoms with E-state index in [9.17, 15) is 9.59 Å². The number of carbonyl (C=O) groups excluding carboxylic acids is 2. The molecule has 7 heteroatoms. The zero-order valence-electron chi connectivity index (χ0n) is 22.7. The summed E-state index contributed by atoms with van der Waals surface area (Å²) >= 11 is 6.06. The van der Waals surface area contributed by atoms with Gasteiger partial charge in [0.25, 0.3) is 0 Å². The van der Waals surface area contributed by atoms with Crippen LogP contribution in [0, 0.1) is 0 Å². The first-order valence-corrected chi connectivity index (χ1v) is 13.4. The van der Waals surface area contributed by atoms with Gasteiger partial charge in [0.05, 0.1) is 20.6 Å². The van der Waals surface area contributed by atoms with Crippen LogP contribution < -0.4 is 14.8 Å². The Kier molecular flexibility index (Phi) is 10.2. The summed E-state index contributed by atoms with van der Waals surface area (Å²) in [5, 5.41) is 3.66. The first-order valence-electron chi connectivity index (χ1n) is 13.1. The lowest BCUT2D eigenvalue weighted by molar-refractivity contribution is -0.140. The Morgan fingerprint density at radius 1 is 0.775 bits per heavy atom. The van der Waals surface area contributed by atoms with Crippen molar-refractivity contribution in [1.29, 1.82) is 0 Å². The van der Waals surface area contributed by atoms with Crippen molar-refractivity contribution in [1.82, 2.24) is 10.2 Å². The third kappa shape index (κ3) is 7.87. The number of para-hydroxylation sites is 1. The molecule has 0 spiro atoms. The number of hydrogen-bond acceptors (Lipinski definition) is 4. The van der Waals surface area contributed by atoms with Gasteiger partial charge in [-0.25, -0.2) is 0 Å². The van der Waals surface area contributed by atoms with Gasteiger partial charge < -0.3 is 19.7 Å². The fourth-order valence-corrected chi connectivity index (χ4v) is 4.64. The molecule has 1 atom stereocenters. The summed E-state index contributed by atoms with van der Waals surface area (Å²) in [6.07, 6.45) is 0.500. The van der Waals surface area contributed by atoms with Gasteiger partial charge in [-0.3, -0.25) is 9.59 Å². The quantitative estimate of drug-likeness (QED) is 0.237. The molecule has 0 heterocycles. The van der Waals surface area contributed by atoms with Gasteiger partial charge in [0.15, 0.2) is 0 Å². The Bertz CT molecular complexity index is 1390. The lowest BCUT2D eigenvalue weighted by Crippen LogP contribution is -2.50. The molecular weight excluding hydrogens is 524 g/mol. The van der Waals surface area contributed by atoms with E-state index < -0.39 is 6.04 Å². The molecule has 0 aliphatic heterocycles. The number of rotatable bonds is 12. The molecule has 2 amide bonds. The van der Waals surface area contributed by atoms with Crippen molar-refractivity contribution < 1.29 is 19.1 Å². The highest BCUT2D eigenvalue weighted by Crippen LogP contribution is 2.21. The maximum atomic E-state index is 13.9. The van der Waals surface area contributed by atoms with Gasteiger partial charge in [0.1, 0.15) is 17.5 Å². The SMILES string of the molecule is COc1ccc(CN(C(=O)Cc2ccc(Cl)cc2)[C@@H](Cc2ccccc2)C(=O)NCc2ccccc2OC)cc1. The molecule has 1 N–H and O–H groups in total. The average Bonchev–Trinajstić information content (AvgIpc) is 2.99. The molecule has 0 saturated carbocycles. The van der Waals surface area contributed by atoms with E-state index in [2.05, 4.69) is 5.32 Å². The molecule has 0 saturated heterocycles. The number of nitrogens with one attached hydrogen (secondary N) is 1. The largest absolute Gasteiger partial charge is 0.497 e. The summed E-state index contributed by atoms with van der Waals surface area (Å²) in [6.45, 7) is 0.534. The Morgan fingerprint density at radius 3 is 2.10 bits per heavy atom. The minimum atomic E-state index is -0.751. The van der Waals surface area contributed by atoms with Gasteiger partial charge in [-0.15, -0.1) is 0 Å². The van der Waals surface area contributed by atoms with Crippen LogP contribution in [0.25, 0.3) is 0 Å². The summed E-state index contributed by atoms with van der Waals surface area (Å²) < 4.78 is 10.8. The van der Waals surface area contributed by atoms with Crippen molar-refractivity contribution in [3.8, 4) is 11.5 Å². The second kappa shape index (κ2) is 14.2. The first-order chi connectivity index (χ1) is 19.5. The zero-order valence-corrected chi connectivity index (χ0v) is 23.4. The summed E-state index contributed by atoms with van der Waals surface area (Å²) in [6, 6.07) is 31.2. The number of halogens is 1. The molecule has 0 unspecified atom stereocenters. The van der Waals surface area contributed by atoms with E-state index in [1.807, 2.05) is 91.0 Å². The fourth-order valence-electron chi connectivity index (χ4n) is 4.51. The lowest BCUT2D eigenvalue weighted by Gasteiger charge is -2.32. The number of hydrogen-bond donors (Lipinski definition) is 1. The Labute approximate surface area is 240 Å². The third-order valence-corrected chi connectivity index (χ3v) is 6.95. The lowest BCUT2D eigenvalue weighted by atomic mass is 10.0. The van der Waals surface area contributed by atoms with Crippen LogP contribution in [0.1, 0.15) is 22.3 Å². The van der Waals surface area contributed by atoms with Crippen molar-refractivity contribution >= 4 is 23.4 Å². The second-order valence-corrected chi connectivity index (χ2v) is 9.84. The van der Waals surface area contributed by atoms with E-state index in [0.717, 1.165) is 28.0 Å². The third-order valence-electron chi connectivity index (χ3n) is 6.70. The molecule has 6 nitrogen and oxygen atoms in total. The van der Waals surface area contributed by atoms with E-state index in [1.54, 1.807) is 31.3 Å². The standard InChI is InChI=1S/C33H33ClN2O4/c1-39-29-18-14-26(15-19-29)23-36(32(37)21-25-12-16-28(34)17-13-25)30(20-24-8-4-3-5-9-24)33(38)35-22-27-10-6-7-11-31(27)40-2/h3-19,30H,20-23H2,1-2H3,(H,35,38)/t30-/m0/s1. The summed E-state index contributed by atoms with van der Waals surface area (Å²) in [4.78, 5) is 29.4. The molecule has 0 bridgehead atoms. The monoisotopic (exact) mass is 556 g/mol. The van der Waals surface area contributed by atoms with Crippen molar-refractivity contribution in [2.45, 2.75) is 32.0 Å². The Balaban J connectivity index is 1.65. The van der Waals surface area contributed by atoms with Gasteiger partial charge in [-0.1, -0.05) is 84.4 Å². The molecule has 4 aromatic rings. The molecule has 0 aliphatic rings. The minimum absolute atomic E-state index is 0.137. The van der Waals surface area contributed by atoms with Crippen LogP contribution in [0.5, 0.6) is 11.5 Å². The highest BCUT2D eigenvalue weighted by Gasteiger charge is 2.30. The maximum absolute atomic E-state index is 13.9. The van der Waals surface area contributed by atoms with Crippen LogP contribution >= 0.6 is 11.6 Å². The van der Waals surface area contributed by atoms with Crippen molar-refractivity contribution in [2.24, 2.45) is 0 Å². The van der Waals surface area contributed by atoms with E-state index in [-0.39, 0.29) is 31.3 Å². The number of methoxy groups -OCH3 is 2. The summed E-state index contributed by atoms with van der Waals surface area (Å²) in [5.41, 5.74) is 3.52. The highest BCUT2D eigenvalue weighted by atomic mass is 35.5. The molecule has 40 heavy (non-hydrogen) atoms. The molecule has 4 aromatic carbocycles. The molecule has 4 rings (SSSR count). The van der Waals surface area contributed by atoms with E-state index in [0.29, 0.717) is 17.2 Å². The zero-order chi connectivity index (χ0) is 28.3. The Morgan fingerprint density at radius 2 is 1.43 bits per heavy atom. The first kappa shape index (κ1) is 28.7. The smallest absolute Gasteiger partial charge is 0.243 e. The van der Waals surface area contributed by atoms with Crippen LogP contribution in [-0.2, 0) is 35.5 Å². The number of nitrogens with zero attached hydrogens (tertiary/aromatic N) is 1. The van der Waals surface area contributed by atoms with Gasteiger partial charge in [-0.2, -0.15) is 0 Å². The number of carbonyl (C=O) groups is 2. The molecular formula is C33H33ClN2O4. The van der Waals surface area contributed by atoms with Crippen molar-refractivity contribution in [3.63, 3.8) is 0 Å². The minimum Gasteiger partial charge on any atom is -0.497 e. The molecule has 0 radical (unpaired) electrons. The molecule has 0 fully saturated rings. The highest BCUT2D eigenvalue weighted by molar-refractivity contribution is 6.30. The van der Waals surface area contributed by atoms with Crippen LogP contribution in [-0.4, -0.2) is 37.0 Å². The van der Waals surface area contributed by atoms with Crippen LogP contribution in [0.15, 0.2) is 103 Å². The van der Waals surface area contributed by atoms with E-state index in [4.69, 9.17) is 21.1 Å². The van der Waals surface area contributed by atoms with Crippen LogP contribution in [0.3, 0.4) is 0 Å². The molecule has 206 valence electrons. The van der Waals surface area contributed by atoms with Crippen LogP contribution in [0.2, 0.25) is 5.02 Å². The van der Waals surface area contributed by atoms with Crippen molar-refractivity contribution in [2.75, 3.05) is 14.2 Å². The van der Waals surface area contributed by atoms with E-state index >= 15 is 0 Å². The van der Waals surface area contributed by atoms with Crippen LogP contribution in [0.4, 0.5) is 0 Å². The average molecular weight is 557 g/mol. The molecule has 0 aliphatic carbocycles. The maximum Gasteiger partial charge on any atom is 0.243 e.